The second-order valence-electron chi connectivity index (χ2n) is 7.57. The minimum Gasteiger partial charge on any atom is -0.478 e. The molecule has 32 heavy (non-hydrogen) atoms. The predicted molar refractivity (Wildman–Crippen MR) is 125 cm³/mol. The van der Waals surface area contributed by atoms with Crippen LogP contribution in [0.1, 0.15) is 28.5 Å². The van der Waals surface area contributed by atoms with Gasteiger partial charge in [0.1, 0.15) is 11.6 Å². The summed E-state index contributed by atoms with van der Waals surface area (Å²) in [5, 5.41) is 9.87. The SMILES string of the molecule is CCc1cc(N2CCN(c3ccccc3F)CC2)nc(SCc2cccc(C(=O)O)c2)n1. The van der Waals surface area contributed by atoms with Crippen LogP contribution in [0.15, 0.2) is 59.8 Å². The van der Waals surface area contributed by atoms with Crippen molar-refractivity contribution < 1.29 is 14.3 Å². The number of carboxylic acids is 1. The lowest BCUT2D eigenvalue weighted by atomic mass is 10.1. The molecule has 0 radical (unpaired) electrons. The molecule has 0 spiro atoms. The van der Waals surface area contributed by atoms with Gasteiger partial charge >= 0.3 is 5.97 Å². The molecule has 166 valence electrons. The second kappa shape index (κ2) is 9.99. The topological polar surface area (TPSA) is 69.6 Å². The van der Waals surface area contributed by atoms with Crippen molar-refractivity contribution >= 4 is 29.2 Å². The lowest BCUT2D eigenvalue weighted by Crippen LogP contribution is -2.47. The normalized spacial score (nSPS) is 13.9. The Hall–Kier alpha value is -3.13. The Morgan fingerprint density at radius 3 is 2.50 bits per heavy atom. The Labute approximate surface area is 191 Å². The molecule has 1 N–H and O–H groups in total. The number of hydrogen-bond donors (Lipinski definition) is 1. The van der Waals surface area contributed by atoms with Crippen LogP contribution in [0.4, 0.5) is 15.9 Å². The molecule has 1 aliphatic rings. The molecule has 4 rings (SSSR count). The molecular weight excluding hydrogens is 427 g/mol. The first-order chi connectivity index (χ1) is 15.5. The molecule has 0 unspecified atom stereocenters. The molecule has 2 heterocycles. The summed E-state index contributed by atoms with van der Waals surface area (Å²) in [6.07, 6.45) is 0.798. The van der Waals surface area contributed by atoms with Crippen LogP contribution in [0.25, 0.3) is 0 Å². The van der Waals surface area contributed by atoms with Crippen LogP contribution >= 0.6 is 11.8 Å². The third kappa shape index (κ3) is 5.19. The van der Waals surface area contributed by atoms with E-state index in [0.717, 1.165) is 49.7 Å². The highest BCUT2D eigenvalue weighted by Crippen LogP contribution is 2.26. The van der Waals surface area contributed by atoms with E-state index in [1.807, 2.05) is 24.3 Å². The summed E-state index contributed by atoms with van der Waals surface area (Å²) in [6.45, 7) is 5.00. The van der Waals surface area contributed by atoms with Crippen LogP contribution in [0, 0.1) is 5.82 Å². The van der Waals surface area contributed by atoms with E-state index in [0.29, 0.717) is 16.6 Å². The van der Waals surface area contributed by atoms with E-state index in [-0.39, 0.29) is 11.4 Å². The molecule has 0 atom stereocenters. The number of hydrogen-bond acceptors (Lipinski definition) is 6. The first-order valence-electron chi connectivity index (χ1n) is 10.6. The summed E-state index contributed by atoms with van der Waals surface area (Å²) in [7, 11) is 0. The predicted octanol–water partition coefficient (Wildman–Crippen LogP) is 4.50. The number of carbonyl (C=O) groups is 1. The average Bonchev–Trinajstić information content (AvgIpc) is 2.83. The van der Waals surface area contributed by atoms with Gasteiger partial charge in [0.2, 0.25) is 0 Å². The summed E-state index contributed by atoms with van der Waals surface area (Å²) >= 11 is 1.50. The molecule has 8 heteroatoms. The van der Waals surface area contributed by atoms with Crippen molar-refractivity contribution in [3.63, 3.8) is 0 Å². The number of anilines is 2. The van der Waals surface area contributed by atoms with E-state index in [2.05, 4.69) is 21.7 Å². The van der Waals surface area contributed by atoms with E-state index < -0.39 is 5.97 Å². The van der Waals surface area contributed by atoms with E-state index in [4.69, 9.17) is 4.98 Å². The Balaban J connectivity index is 1.45. The van der Waals surface area contributed by atoms with Crippen molar-refractivity contribution in [1.82, 2.24) is 9.97 Å². The third-order valence-corrected chi connectivity index (χ3v) is 6.36. The van der Waals surface area contributed by atoms with Gasteiger partial charge in [0.25, 0.3) is 0 Å². The van der Waals surface area contributed by atoms with E-state index >= 15 is 0 Å². The Bertz CT molecular complexity index is 1100. The number of piperazine rings is 1. The summed E-state index contributed by atoms with van der Waals surface area (Å²) in [4.78, 5) is 24.9. The van der Waals surface area contributed by atoms with Crippen LogP contribution in [-0.4, -0.2) is 47.2 Å². The molecule has 6 nitrogen and oxygen atoms in total. The number of halogens is 1. The zero-order valence-electron chi connectivity index (χ0n) is 17.9. The first kappa shape index (κ1) is 22.1. The van der Waals surface area contributed by atoms with Crippen molar-refractivity contribution in [1.29, 1.82) is 0 Å². The van der Waals surface area contributed by atoms with E-state index in [1.165, 1.54) is 17.8 Å². The zero-order chi connectivity index (χ0) is 22.5. The smallest absolute Gasteiger partial charge is 0.335 e. The maximum absolute atomic E-state index is 14.1. The number of aromatic nitrogens is 2. The molecule has 1 fully saturated rings. The molecule has 2 aromatic carbocycles. The van der Waals surface area contributed by atoms with Gasteiger partial charge in [-0.2, -0.15) is 0 Å². The fourth-order valence-corrected chi connectivity index (χ4v) is 4.51. The number of nitrogens with zero attached hydrogens (tertiary/aromatic N) is 4. The number of benzene rings is 2. The van der Waals surface area contributed by atoms with E-state index in [9.17, 15) is 14.3 Å². The van der Waals surface area contributed by atoms with Gasteiger partial charge in [0, 0.05) is 43.7 Å². The monoisotopic (exact) mass is 452 g/mol. The lowest BCUT2D eigenvalue weighted by molar-refractivity contribution is 0.0696. The number of rotatable bonds is 7. The van der Waals surface area contributed by atoms with Crippen molar-refractivity contribution in [2.45, 2.75) is 24.3 Å². The minimum atomic E-state index is -0.933. The van der Waals surface area contributed by atoms with E-state index in [1.54, 1.807) is 24.3 Å². The van der Waals surface area contributed by atoms with Crippen LogP contribution in [0.5, 0.6) is 0 Å². The molecule has 1 aliphatic heterocycles. The molecule has 3 aromatic rings. The van der Waals surface area contributed by atoms with Crippen LogP contribution in [0.2, 0.25) is 0 Å². The number of aromatic carboxylic acids is 1. The summed E-state index contributed by atoms with van der Waals surface area (Å²) in [5.74, 6) is 0.348. The van der Waals surface area contributed by atoms with Crippen LogP contribution in [-0.2, 0) is 12.2 Å². The highest BCUT2D eigenvalue weighted by molar-refractivity contribution is 7.98. The molecule has 1 aromatic heterocycles. The molecule has 0 bridgehead atoms. The minimum absolute atomic E-state index is 0.193. The van der Waals surface area contributed by atoms with Gasteiger partial charge in [-0.1, -0.05) is 43.0 Å². The van der Waals surface area contributed by atoms with Crippen molar-refractivity contribution in [3.05, 3.63) is 77.2 Å². The Kier molecular flexibility index (Phi) is 6.90. The lowest BCUT2D eigenvalue weighted by Gasteiger charge is -2.37. The number of para-hydroxylation sites is 1. The average molecular weight is 453 g/mol. The molecule has 0 aliphatic carbocycles. The third-order valence-electron chi connectivity index (χ3n) is 5.45. The van der Waals surface area contributed by atoms with Gasteiger partial charge in [0.05, 0.1) is 11.3 Å². The quantitative estimate of drug-likeness (QED) is 0.418. The summed E-state index contributed by atoms with van der Waals surface area (Å²) in [6, 6.07) is 15.8. The van der Waals surface area contributed by atoms with Crippen LogP contribution in [0.3, 0.4) is 0 Å². The van der Waals surface area contributed by atoms with Gasteiger partial charge in [-0.05, 0) is 36.2 Å². The fraction of sp³-hybridized carbons (Fsp3) is 0.292. The maximum Gasteiger partial charge on any atom is 0.335 e. The molecule has 0 saturated carbocycles. The highest BCUT2D eigenvalue weighted by Gasteiger charge is 2.21. The Morgan fingerprint density at radius 1 is 1.03 bits per heavy atom. The largest absolute Gasteiger partial charge is 0.478 e. The van der Waals surface area contributed by atoms with Gasteiger partial charge in [-0.15, -0.1) is 0 Å². The van der Waals surface area contributed by atoms with Crippen molar-refractivity contribution in [3.8, 4) is 0 Å². The Morgan fingerprint density at radius 2 is 1.78 bits per heavy atom. The molecule has 1 saturated heterocycles. The van der Waals surface area contributed by atoms with Crippen molar-refractivity contribution in [2.75, 3.05) is 36.0 Å². The maximum atomic E-state index is 14.1. The number of carboxylic acid groups (broad SMARTS) is 1. The van der Waals surface area contributed by atoms with Gasteiger partial charge in [-0.25, -0.2) is 19.2 Å². The first-order valence-corrected chi connectivity index (χ1v) is 11.6. The second-order valence-corrected chi connectivity index (χ2v) is 8.52. The standard InChI is InChI=1S/C24H25FN4O2S/c1-2-19-15-22(29-12-10-28(11-13-29)21-9-4-3-8-20(21)25)27-24(26-19)32-16-17-6-5-7-18(14-17)23(30)31/h3-9,14-15H,2,10-13,16H2,1H3,(H,30,31). The van der Waals surface area contributed by atoms with Gasteiger partial charge in [-0.3, -0.25) is 0 Å². The van der Waals surface area contributed by atoms with Gasteiger partial charge in [0.15, 0.2) is 5.16 Å². The molecule has 0 amide bonds. The van der Waals surface area contributed by atoms with Gasteiger partial charge < -0.3 is 14.9 Å². The highest BCUT2D eigenvalue weighted by atomic mass is 32.2. The summed E-state index contributed by atoms with van der Waals surface area (Å²) in [5.41, 5.74) is 2.80. The zero-order valence-corrected chi connectivity index (χ0v) is 18.7. The number of aryl methyl sites for hydroxylation is 1. The fourth-order valence-electron chi connectivity index (χ4n) is 3.69. The summed E-state index contributed by atoms with van der Waals surface area (Å²) < 4.78 is 14.1. The number of thioether (sulfide) groups is 1. The molecular formula is C24H25FN4O2S. The van der Waals surface area contributed by atoms with Crippen molar-refractivity contribution in [2.24, 2.45) is 0 Å². The van der Waals surface area contributed by atoms with Crippen LogP contribution < -0.4 is 9.80 Å².